The zero-order valence-electron chi connectivity index (χ0n) is 16.8. The lowest BCUT2D eigenvalue weighted by atomic mass is 10.0. The number of benzene rings is 1. The topological polar surface area (TPSA) is 65.5 Å². The van der Waals surface area contributed by atoms with E-state index in [1.165, 1.54) is 12.8 Å². The Morgan fingerprint density at radius 1 is 1.04 bits per heavy atom. The SMILES string of the molecule is CCNC(=NCc1ccc(NC(=O)C(C)C)cc1)NCC(CC)CC.I. The fourth-order valence-corrected chi connectivity index (χ4v) is 2.31. The maximum Gasteiger partial charge on any atom is 0.226 e. The highest BCUT2D eigenvalue weighted by molar-refractivity contribution is 14.0. The average Bonchev–Trinajstić information content (AvgIpc) is 2.61. The van der Waals surface area contributed by atoms with Crippen molar-refractivity contribution in [1.29, 1.82) is 0 Å². The van der Waals surface area contributed by atoms with Gasteiger partial charge in [0.15, 0.2) is 5.96 Å². The Bertz CT molecular complexity index is 539. The molecular weight excluding hydrogens is 439 g/mol. The second-order valence-electron chi connectivity index (χ2n) is 6.60. The van der Waals surface area contributed by atoms with Gasteiger partial charge in [0.05, 0.1) is 6.54 Å². The Labute approximate surface area is 175 Å². The summed E-state index contributed by atoms with van der Waals surface area (Å²) in [6.45, 7) is 12.7. The largest absolute Gasteiger partial charge is 0.357 e. The average molecular weight is 474 g/mol. The van der Waals surface area contributed by atoms with Gasteiger partial charge >= 0.3 is 0 Å². The molecule has 1 amide bonds. The molecule has 0 saturated carbocycles. The van der Waals surface area contributed by atoms with Crippen LogP contribution in [0, 0.1) is 11.8 Å². The zero-order valence-corrected chi connectivity index (χ0v) is 19.1. The number of rotatable bonds is 9. The number of hydrogen-bond donors (Lipinski definition) is 3. The van der Waals surface area contributed by atoms with Crippen molar-refractivity contribution >= 4 is 41.5 Å². The first kappa shape index (κ1) is 24.7. The number of nitrogens with one attached hydrogen (secondary N) is 3. The van der Waals surface area contributed by atoms with E-state index in [1.54, 1.807) is 0 Å². The zero-order chi connectivity index (χ0) is 18.7. The van der Waals surface area contributed by atoms with Crippen LogP contribution in [-0.4, -0.2) is 25.0 Å². The summed E-state index contributed by atoms with van der Waals surface area (Å²) in [7, 11) is 0. The van der Waals surface area contributed by atoms with Crippen molar-refractivity contribution in [3.63, 3.8) is 0 Å². The summed E-state index contributed by atoms with van der Waals surface area (Å²) in [5.74, 6) is 1.54. The number of carbonyl (C=O) groups excluding carboxylic acids is 1. The van der Waals surface area contributed by atoms with Crippen molar-refractivity contribution in [3.05, 3.63) is 29.8 Å². The van der Waals surface area contributed by atoms with E-state index < -0.39 is 0 Å². The Kier molecular flexibility index (Phi) is 13.1. The quantitative estimate of drug-likeness (QED) is 0.283. The lowest BCUT2D eigenvalue weighted by molar-refractivity contribution is -0.118. The fraction of sp³-hybridized carbons (Fsp3) is 0.600. The normalized spacial score (nSPS) is 11.3. The number of amides is 1. The second-order valence-corrected chi connectivity index (χ2v) is 6.60. The molecule has 0 spiro atoms. The van der Waals surface area contributed by atoms with E-state index in [1.807, 2.05) is 38.1 Å². The maximum absolute atomic E-state index is 11.7. The number of guanidine groups is 1. The highest BCUT2D eigenvalue weighted by Gasteiger charge is 2.07. The first-order chi connectivity index (χ1) is 12.0. The molecule has 0 aliphatic rings. The molecular formula is C20H35IN4O. The van der Waals surface area contributed by atoms with E-state index in [0.717, 1.165) is 30.3 Å². The third-order valence-electron chi connectivity index (χ3n) is 4.22. The Balaban J connectivity index is 0.00000625. The first-order valence-corrected chi connectivity index (χ1v) is 9.42. The fourth-order valence-electron chi connectivity index (χ4n) is 2.31. The van der Waals surface area contributed by atoms with Crippen LogP contribution < -0.4 is 16.0 Å². The molecule has 0 aliphatic carbocycles. The van der Waals surface area contributed by atoms with Gasteiger partial charge in [0, 0.05) is 24.7 Å². The summed E-state index contributed by atoms with van der Waals surface area (Å²) in [5.41, 5.74) is 1.94. The molecule has 3 N–H and O–H groups in total. The van der Waals surface area contributed by atoms with Gasteiger partial charge in [-0.1, -0.05) is 52.7 Å². The van der Waals surface area contributed by atoms with Gasteiger partial charge in [-0.2, -0.15) is 0 Å². The predicted molar refractivity (Wildman–Crippen MR) is 122 cm³/mol. The van der Waals surface area contributed by atoms with Gasteiger partial charge in [-0.25, -0.2) is 4.99 Å². The van der Waals surface area contributed by atoms with Crippen LogP contribution in [0.4, 0.5) is 5.69 Å². The molecule has 1 aromatic rings. The lowest BCUT2D eigenvalue weighted by Gasteiger charge is -2.16. The molecule has 0 fully saturated rings. The Morgan fingerprint density at radius 3 is 2.15 bits per heavy atom. The monoisotopic (exact) mass is 474 g/mol. The van der Waals surface area contributed by atoms with Crippen LogP contribution in [0.1, 0.15) is 53.0 Å². The summed E-state index contributed by atoms with van der Waals surface area (Å²) in [6.07, 6.45) is 2.35. The molecule has 0 saturated heterocycles. The summed E-state index contributed by atoms with van der Waals surface area (Å²) >= 11 is 0. The van der Waals surface area contributed by atoms with Gasteiger partial charge in [0.25, 0.3) is 0 Å². The highest BCUT2D eigenvalue weighted by atomic mass is 127. The third kappa shape index (κ3) is 9.40. The number of anilines is 1. The van der Waals surface area contributed by atoms with Crippen molar-refractivity contribution in [2.75, 3.05) is 18.4 Å². The van der Waals surface area contributed by atoms with Crippen LogP contribution in [-0.2, 0) is 11.3 Å². The van der Waals surface area contributed by atoms with E-state index in [2.05, 4.69) is 41.7 Å². The molecule has 148 valence electrons. The first-order valence-electron chi connectivity index (χ1n) is 9.42. The standard InChI is InChI=1S/C20H34N4O.HI/c1-6-16(7-2)13-22-20(21-8-3)23-14-17-9-11-18(12-10-17)24-19(25)15(4)5;/h9-12,15-16H,6-8,13-14H2,1-5H3,(H,24,25)(H2,21,22,23);1H. The van der Waals surface area contributed by atoms with E-state index in [4.69, 9.17) is 0 Å². The molecule has 6 heteroatoms. The van der Waals surface area contributed by atoms with Gasteiger partial charge in [-0.15, -0.1) is 24.0 Å². The van der Waals surface area contributed by atoms with Crippen molar-refractivity contribution in [1.82, 2.24) is 10.6 Å². The van der Waals surface area contributed by atoms with E-state index in [9.17, 15) is 4.79 Å². The minimum absolute atomic E-state index is 0. The predicted octanol–water partition coefficient (Wildman–Crippen LogP) is 4.39. The van der Waals surface area contributed by atoms with Crippen LogP contribution in [0.2, 0.25) is 0 Å². The van der Waals surface area contributed by atoms with Crippen LogP contribution >= 0.6 is 24.0 Å². The molecule has 0 bridgehead atoms. The molecule has 0 unspecified atom stereocenters. The van der Waals surface area contributed by atoms with Crippen LogP contribution in [0.25, 0.3) is 0 Å². The van der Waals surface area contributed by atoms with E-state index in [-0.39, 0.29) is 35.8 Å². The Morgan fingerprint density at radius 2 is 1.65 bits per heavy atom. The molecule has 0 radical (unpaired) electrons. The molecule has 0 heterocycles. The van der Waals surface area contributed by atoms with Gasteiger partial charge < -0.3 is 16.0 Å². The third-order valence-corrected chi connectivity index (χ3v) is 4.22. The smallest absolute Gasteiger partial charge is 0.226 e. The summed E-state index contributed by atoms with van der Waals surface area (Å²) in [4.78, 5) is 16.4. The van der Waals surface area contributed by atoms with Crippen LogP contribution in [0.3, 0.4) is 0 Å². The lowest BCUT2D eigenvalue weighted by Crippen LogP contribution is -2.39. The number of nitrogens with zero attached hydrogens (tertiary/aromatic N) is 1. The van der Waals surface area contributed by atoms with Crippen LogP contribution in [0.15, 0.2) is 29.3 Å². The summed E-state index contributed by atoms with van der Waals surface area (Å²) in [5, 5.41) is 9.61. The maximum atomic E-state index is 11.7. The number of halogens is 1. The minimum atomic E-state index is -0.0203. The Hall–Kier alpha value is -1.31. The summed E-state index contributed by atoms with van der Waals surface area (Å²) < 4.78 is 0. The van der Waals surface area contributed by atoms with Crippen LogP contribution in [0.5, 0.6) is 0 Å². The molecule has 0 atom stereocenters. The van der Waals surface area contributed by atoms with Crippen molar-refractivity contribution < 1.29 is 4.79 Å². The molecule has 0 aromatic heterocycles. The molecule has 1 rings (SSSR count). The second kappa shape index (κ2) is 13.8. The van der Waals surface area contributed by atoms with E-state index in [0.29, 0.717) is 12.5 Å². The van der Waals surface area contributed by atoms with Gasteiger partial charge in [0.2, 0.25) is 5.91 Å². The summed E-state index contributed by atoms with van der Waals surface area (Å²) in [6, 6.07) is 7.86. The minimum Gasteiger partial charge on any atom is -0.357 e. The van der Waals surface area contributed by atoms with Gasteiger partial charge in [-0.05, 0) is 30.5 Å². The number of carbonyl (C=O) groups is 1. The molecule has 5 nitrogen and oxygen atoms in total. The molecule has 1 aromatic carbocycles. The highest BCUT2D eigenvalue weighted by Crippen LogP contribution is 2.12. The van der Waals surface area contributed by atoms with Crippen molar-refractivity contribution in [2.45, 2.75) is 54.0 Å². The molecule has 26 heavy (non-hydrogen) atoms. The van der Waals surface area contributed by atoms with Gasteiger partial charge in [-0.3, -0.25) is 4.79 Å². The van der Waals surface area contributed by atoms with Crippen molar-refractivity contribution in [2.24, 2.45) is 16.8 Å². The molecule has 0 aliphatic heterocycles. The number of hydrogen-bond acceptors (Lipinski definition) is 2. The van der Waals surface area contributed by atoms with Crippen molar-refractivity contribution in [3.8, 4) is 0 Å². The number of aliphatic imine (C=N–C) groups is 1. The van der Waals surface area contributed by atoms with Gasteiger partial charge in [0.1, 0.15) is 0 Å². The van der Waals surface area contributed by atoms with E-state index >= 15 is 0 Å².